The van der Waals surface area contributed by atoms with Crippen LogP contribution in [0.2, 0.25) is 0 Å². The van der Waals surface area contributed by atoms with Crippen molar-refractivity contribution in [3.63, 3.8) is 0 Å². The Hall–Kier alpha value is -3.97. The molecule has 176 valence electrons. The summed E-state index contributed by atoms with van der Waals surface area (Å²) in [5.74, 6) is -1.11. The molecule has 0 aliphatic carbocycles. The number of fused-ring (bicyclic) bond motifs is 1. The Morgan fingerprint density at radius 2 is 1.53 bits per heavy atom. The monoisotopic (exact) mass is 492 g/mol. The standard InChI is InChI=1S/C21H15F3N4O5S/c1-11-18(20(30)28(27-11)13-8-6-12(7-9-13)21(22,23)24)25-26-19-15-5-3-2-4-14(15)17(10-16(19)29)34(31,32)33/h2-10,29-30H,1H3,(H,31,32,33)/b26-25+. The molecule has 0 aliphatic rings. The zero-order valence-electron chi connectivity index (χ0n) is 17.2. The predicted molar refractivity (Wildman–Crippen MR) is 115 cm³/mol. The summed E-state index contributed by atoms with van der Waals surface area (Å²) in [6.45, 7) is 1.48. The Labute approximate surface area is 190 Å². The molecule has 3 aromatic carbocycles. The Morgan fingerprint density at radius 3 is 2.12 bits per heavy atom. The molecular weight excluding hydrogens is 477 g/mol. The van der Waals surface area contributed by atoms with Gasteiger partial charge in [-0.25, -0.2) is 0 Å². The predicted octanol–water partition coefficient (Wildman–Crippen LogP) is 5.43. The number of azo groups is 1. The third kappa shape index (κ3) is 4.18. The zero-order valence-corrected chi connectivity index (χ0v) is 18.0. The van der Waals surface area contributed by atoms with Crippen molar-refractivity contribution in [3.05, 3.63) is 65.9 Å². The lowest BCUT2D eigenvalue weighted by Gasteiger charge is -2.08. The van der Waals surface area contributed by atoms with E-state index in [1.165, 1.54) is 25.1 Å². The molecular formula is C21H15F3N4O5S. The molecule has 0 saturated carbocycles. The normalized spacial score (nSPS) is 12.6. The molecule has 3 N–H and O–H groups in total. The van der Waals surface area contributed by atoms with Crippen LogP contribution in [0.4, 0.5) is 24.5 Å². The van der Waals surface area contributed by atoms with E-state index in [0.717, 1.165) is 35.0 Å². The molecule has 1 heterocycles. The van der Waals surface area contributed by atoms with Crippen LogP contribution < -0.4 is 0 Å². The molecule has 1 aromatic heterocycles. The molecule has 0 bridgehead atoms. The fraction of sp³-hybridized carbons (Fsp3) is 0.0952. The fourth-order valence-corrected chi connectivity index (χ4v) is 4.04. The number of phenols is 1. The molecule has 0 amide bonds. The van der Waals surface area contributed by atoms with Crippen LogP contribution in [0.5, 0.6) is 11.6 Å². The van der Waals surface area contributed by atoms with Crippen molar-refractivity contribution < 1.29 is 36.4 Å². The minimum Gasteiger partial charge on any atom is -0.506 e. The smallest absolute Gasteiger partial charge is 0.416 e. The molecule has 4 rings (SSSR count). The summed E-state index contributed by atoms with van der Waals surface area (Å²) in [7, 11) is -4.64. The number of hydrogen-bond donors (Lipinski definition) is 3. The first kappa shape index (κ1) is 23.2. The van der Waals surface area contributed by atoms with Crippen molar-refractivity contribution >= 4 is 32.3 Å². The number of halogens is 3. The highest BCUT2D eigenvalue weighted by atomic mass is 32.2. The van der Waals surface area contributed by atoms with E-state index < -0.39 is 38.4 Å². The molecule has 13 heteroatoms. The number of phenolic OH excluding ortho intramolecular Hbond substituents is 1. The topological polar surface area (TPSA) is 137 Å². The second-order valence-electron chi connectivity index (χ2n) is 7.18. The zero-order chi connectivity index (χ0) is 24.8. The van der Waals surface area contributed by atoms with Crippen LogP contribution in [0.1, 0.15) is 11.3 Å². The molecule has 0 saturated heterocycles. The van der Waals surface area contributed by atoms with Crippen LogP contribution in [-0.2, 0) is 16.3 Å². The maximum Gasteiger partial charge on any atom is 0.416 e. The summed E-state index contributed by atoms with van der Waals surface area (Å²) in [6, 6.07) is 10.7. The number of aromatic hydroxyl groups is 2. The van der Waals surface area contributed by atoms with Gasteiger partial charge in [-0.2, -0.15) is 31.4 Å². The summed E-state index contributed by atoms with van der Waals surface area (Å²) >= 11 is 0. The number of aryl methyl sites for hydroxylation is 1. The number of alkyl halides is 3. The Morgan fingerprint density at radius 1 is 0.941 bits per heavy atom. The molecule has 9 nitrogen and oxygen atoms in total. The van der Waals surface area contributed by atoms with E-state index in [1.807, 2.05) is 0 Å². The summed E-state index contributed by atoms with van der Waals surface area (Å²) in [5, 5.41) is 33.1. The van der Waals surface area contributed by atoms with Crippen molar-refractivity contribution in [1.82, 2.24) is 9.78 Å². The highest BCUT2D eigenvalue weighted by Crippen LogP contribution is 2.41. The second kappa shape index (κ2) is 8.11. The lowest BCUT2D eigenvalue weighted by molar-refractivity contribution is -0.137. The summed E-state index contributed by atoms with van der Waals surface area (Å²) in [5.41, 5.74) is -0.804. The van der Waals surface area contributed by atoms with Crippen LogP contribution in [-0.4, -0.2) is 33.0 Å². The summed E-state index contributed by atoms with van der Waals surface area (Å²) < 4.78 is 72.2. The number of rotatable bonds is 4. The quantitative estimate of drug-likeness (QED) is 0.257. The molecule has 4 aromatic rings. The van der Waals surface area contributed by atoms with Gasteiger partial charge in [0.2, 0.25) is 5.88 Å². The van der Waals surface area contributed by atoms with E-state index in [2.05, 4.69) is 15.3 Å². The molecule has 0 spiro atoms. The van der Waals surface area contributed by atoms with Gasteiger partial charge in [-0.15, -0.1) is 10.2 Å². The largest absolute Gasteiger partial charge is 0.506 e. The Bertz CT molecular complexity index is 1550. The van der Waals surface area contributed by atoms with Gasteiger partial charge in [-0.05, 0) is 31.2 Å². The van der Waals surface area contributed by atoms with Gasteiger partial charge in [-0.3, -0.25) is 4.55 Å². The van der Waals surface area contributed by atoms with Crippen molar-refractivity contribution in [3.8, 4) is 17.3 Å². The number of aromatic nitrogens is 2. The van der Waals surface area contributed by atoms with Gasteiger partial charge in [0, 0.05) is 16.8 Å². The van der Waals surface area contributed by atoms with E-state index in [4.69, 9.17) is 0 Å². The van der Waals surface area contributed by atoms with Crippen LogP contribution in [0, 0.1) is 6.92 Å². The van der Waals surface area contributed by atoms with Crippen LogP contribution in [0.3, 0.4) is 0 Å². The van der Waals surface area contributed by atoms with Crippen molar-refractivity contribution in [1.29, 1.82) is 0 Å². The average Bonchev–Trinajstić information content (AvgIpc) is 3.05. The average molecular weight is 492 g/mol. The van der Waals surface area contributed by atoms with E-state index in [1.54, 1.807) is 6.07 Å². The highest BCUT2D eigenvalue weighted by molar-refractivity contribution is 7.86. The van der Waals surface area contributed by atoms with Crippen LogP contribution >= 0.6 is 0 Å². The molecule has 0 fully saturated rings. The van der Waals surface area contributed by atoms with Gasteiger partial charge >= 0.3 is 6.18 Å². The van der Waals surface area contributed by atoms with E-state index in [0.29, 0.717) is 0 Å². The van der Waals surface area contributed by atoms with Gasteiger partial charge in [-0.1, -0.05) is 24.3 Å². The Balaban J connectivity index is 1.78. The first-order valence-electron chi connectivity index (χ1n) is 9.48. The number of nitrogens with zero attached hydrogens (tertiary/aromatic N) is 4. The fourth-order valence-electron chi connectivity index (χ4n) is 3.33. The Kier molecular flexibility index (Phi) is 5.53. The van der Waals surface area contributed by atoms with Crippen molar-refractivity contribution in [2.24, 2.45) is 10.2 Å². The summed E-state index contributed by atoms with van der Waals surface area (Å²) in [4.78, 5) is -0.520. The first-order valence-corrected chi connectivity index (χ1v) is 10.9. The van der Waals surface area contributed by atoms with Crippen LogP contribution in [0.25, 0.3) is 16.5 Å². The van der Waals surface area contributed by atoms with Gasteiger partial charge in [0.05, 0.1) is 16.9 Å². The molecule has 0 unspecified atom stereocenters. The maximum absolute atomic E-state index is 12.8. The molecule has 0 atom stereocenters. The molecule has 0 radical (unpaired) electrons. The number of benzene rings is 3. The van der Waals surface area contributed by atoms with Crippen molar-refractivity contribution in [2.45, 2.75) is 18.0 Å². The molecule has 34 heavy (non-hydrogen) atoms. The van der Waals surface area contributed by atoms with Crippen LogP contribution in [0.15, 0.2) is 69.7 Å². The highest BCUT2D eigenvalue weighted by Gasteiger charge is 2.30. The minimum absolute atomic E-state index is 0.0816. The lowest BCUT2D eigenvalue weighted by Crippen LogP contribution is -2.05. The van der Waals surface area contributed by atoms with E-state index in [-0.39, 0.29) is 33.5 Å². The minimum atomic E-state index is -4.64. The SMILES string of the molecule is Cc1nn(-c2ccc(C(F)(F)F)cc2)c(O)c1/N=N/c1c(O)cc(S(=O)(=O)O)c2ccccc12. The third-order valence-corrected chi connectivity index (χ3v) is 5.82. The maximum atomic E-state index is 12.8. The van der Waals surface area contributed by atoms with Gasteiger partial charge in [0.1, 0.15) is 16.3 Å². The number of hydrogen-bond acceptors (Lipinski definition) is 7. The van der Waals surface area contributed by atoms with Gasteiger partial charge in [0.25, 0.3) is 10.1 Å². The van der Waals surface area contributed by atoms with Gasteiger partial charge < -0.3 is 10.2 Å². The lowest BCUT2D eigenvalue weighted by atomic mass is 10.1. The summed E-state index contributed by atoms with van der Waals surface area (Å²) in [6.07, 6.45) is -4.52. The van der Waals surface area contributed by atoms with Gasteiger partial charge in [0.15, 0.2) is 5.69 Å². The van der Waals surface area contributed by atoms with E-state index >= 15 is 0 Å². The molecule has 0 aliphatic heterocycles. The van der Waals surface area contributed by atoms with Crippen molar-refractivity contribution in [2.75, 3.05) is 0 Å². The third-order valence-electron chi connectivity index (χ3n) is 4.93. The first-order chi connectivity index (χ1) is 15.9. The second-order valence-corrected chi connectivity index (χ2v) is 8.57. The van der Waals surface area contributed by atoms with E-state index in [9.17, 15) is 36.4 Å².